The molecular formula is C13H21NO3S. The van der Waals surface area contributed by atoms with Crippen molar-refractivity contribution in [3.63, 3.8) is 0 Å². The standard InChI is InChI=1S/C13H21NO3S/c1-4-8-18(15,16)14-10-11-6-7-13(17-3)12(5-2)9-11/h6-7,9,14H,4-5,8,10H2,1-3H3. The van der Waals surface area contributed by atoms with Gasteiger partial charge in [-0.2, -0.15) is 0 Å². The van der Waals surface area contributed by atoms with E-state index in [4.69, 9.17) is 4.74 Å². The van der Waals surface area contributed by atoms with Crippen LogP contribution in [0.2, 0.25) is 0 Å². The largest absolute Gasteiger partial charge is 0.496 e. The summed E-state index contributed by atoms with van der Waals surface area (Å²) in [6.45, 7) is 4.23. The molecule has 1 rings (SSSR count). The zero-order valence-electron chi connectivity index (χ0n) is 11.2. The van der Waals surface area contributed by atoms with Crippen molar-refractivity contribution in [2.45, 2.75) is 33.2 Å². The lowest BCUT2D eigenvalue weighted by atomic mass is 10.1. The van der Waals surface area contributed by atoms with Gasteiger partial charge in [-0.15, -0.1) is 0 Å². The number of benzene rings is 1. The van der Waals surface area contributed by atoms with Crippen LogP contribution < -0.4 is 9.46 Å². The lowest BCUT2D eigenvalue weighted by Gasteiger charge is -2.10. The van der Waals surface area contributed by atoms with Gasteiger partial charge in [-0.3, -0.25) is 0 Å². The molecule has 0 aliphatic rings. The molecule has 0 bridgehead atoms. The number of sulfonamides is 1. The number of nitrogens with one attached hydrogen (secondary N) is 1. The summed E-state index contributed by atoms with van der Waals surface area (Å²) in [4.78, 5) is 0. The Balaban J connectivity index is 2.74. The van der Waals surface area contributed by atoms with E-state index in [2.05, 4.69) is 4.72 Å². The van der Waals surface area contributed by atoms with E-state index >= 15 is 0 Å². The molecule has 0 spiro atoms. The van der Waals surface area contributed by atoms with Crippen LogP contribution in [0.15, 0.2) is 18.2 Å². The highest BCUT2D eigenvalue weighted by Gasteiger charge is 2.09. The molecule has 0 saturated heterocycles. The van der Waals surface area contributed by atoms with E-state index in [1.165, 1.54) is 0 Å². The molecule has 1 aromatic carbocycles. The van der Waals surface area contributed by atoms with Crippen LogP contribution >= 0.6 is 0 Å². The van der Waals surface area contributed by atoms with Crippen molar-refractivity contribution in [1.82, 2.24) is 4.72 Å². The quantitative estimate of drug-likeness (QED) is 0.826. The number of hydrogen-bond donors (Lipinski definition) is 1. The molecule has 1 aromatic rings. The minimum absolute atomic E-state index is 0.170. The summed E-state index contributed by atoms with van der Waals surface area (Å²) in [7, 11) is -1.51. The third-order valence-electron chi connectivity index (χ3n) is 2.69. The van der Waals surface area contributed by atoms with Crippen LogP contribution in [-0.2, 0) is 23.0 Å². The van der Waals surface area contributed by atoms with Gasteiger partial charge in [0.15, 0.2) is 0 Å². The normalized spacial score (nSPS) is 11.5. The zero-order valence-corrected chi connectivity index (χ0v) is 12.0. The van der Waals surface area contributed by atoms with Gasteiger partial charge in [0, 0.05) is 6.54 Å². The molecular weight excluding hydrogens is 250 g/mol. The molecule has 1 N–H and O–H groups in total. The van der Waals surface area contributed by atoms with E-state index in [1.807, 2.05) is 32.0 Å². The van der Waals surface area contributed by atoms with Crippen molar-refractivity contribution >= 4 is 10.0 Å². The Hall–Kier alpha value is -1.07. The molecule has 0 aromatic heterocycles. The van der Waals surface area contributed by atoms with Gasteiger partial charge in [-0.25, -0.2) is 13.1 Å². The van der Waals surface area contributed by atoms with Crippen molar-refractivity contribution in [1.29, 1.82) is 0 Å². The van der Waals surface area contributed by atoms with E-state index in [0.29, 0.717) is 13.0 Å². The Kier molecular flexibility index (Phi) is 5.62. The fraction of sp³-hybridized carbons (Fsp3) is 0.538. The van der Waals surface area contributed by atoms with Crippen LogP contribution in [0, 0.1) is 0 Å². The second-order valence-corrected chi connectivity index (χ2v) is 6.07. The molecule has 0 aliphatic carbocycles. The first kappa shape index (κ1) is 15.0. The average molecular weight is 271 g/mol. The summed E-state index contributed by atoms with van der Waals surface area (Å²) in [5.41, 5.74) is 2.04. The summed E-state index contributed by atoms with van der Waals surface area (Å²) >= 11 is 0. The van der Waals surface area contributed by atoms with Gasteiger partial charge in [0.1, 0.15) is 5.75 Å². The first-order valence-electron chi connectivity index (χ1n) is 6.15. The smallest absolute Gasteiger partial charge is 0.211 e. The van der Waals surface area contributed by atoms with E-state index in [0.717, 1.165) is 23.3 Å². The van der Waals surface area contributed by atoms with Crippen molar-refractivity contribution in [3.8, 4) is 5.75 Å². The van der Waals surface area contributed by atoms with Crippen LogP contribution in [0.25, 0.3) is 0 Å². The molecule has 5 heteroatoms. The molecule has 0 fully saturated rings. The molecule has 4 nitrogen and oxygen atoms in total. The van der Waals surface area contributed by atoms with Gasteiger partial charge < -0.3 is 4.74 Å². The Morgan fingerprint density at radius 3 is 2.56 bits per heavy atom. The van der Waals surface area contributed by atoms with Gasteiger partial charge >= 0.3 is 0 Å². The lowest BCUT2D eigenvalue weighted by molar-refractivity contribution is 0.410. The molecule has 0 unspecified atom stereocenters. The Labute approximate surface area is 109 Å². The van der Waals surface area contributed by atoms with Crippen LogP contribution in [0.4, 0.5) is 0 Å². The number of hydrogen-bond acceptors (Lipinski definition) is 3. The van der Waals surface area contributed by atoms with E-state index in [9.17, 15) is 8.42 Å². The topological polar surface area (TPSA) is 55.4 Å². The van der Waals surface area contributed by atoms with Crippen LogP contribution in [0.3, 0.4) is 0 Å². The Morgan fingerprint density at radius 2 is 2.00 bits per heavy atom. The number of methoxy groups -OCH3 is 1. The van der Waals surface area contributed by atoms with Gasteiger partial charge in [-0.05, 0) is 30.0 Å². The molecule has 0 atom stereocenters. The van der Waals surface area contributed by atoms with Gasteiger partial charge in [0.2, 0.25) is 10.0 Å². The Bertz CT molecular complexity index is 483. The van der Waals surface area contributed by atoms with Crippen LogP contribution in [0.1, 0.15) is 31.4 Å². The van der Waals surface area contributed by atoms with E-state index < -0.39 is 10.0 Å². The molecule has 102 valence electrons. The van der Waals surface area contributed by atoms with Crippen LogP contribution in [0.5, 0.6) is 5.75 Å². The summed E-state index contributed by atoms with van der Waals surface area (Å²) in [6, 6.07) is 5.74. The maximum atomic E-state index is 11.5. The third-order valence-corrected chi connectivity index (χ3v) is 4.22. The lowest BCUT2D eigenvalue weighted by Crippen LogP contribution is -2.25. The highest BCUT2D eigenvalue weighted by Crippen LogP contribution is 2.20. The summed E-state index contributed by atoms with van der Waals surface area (Å²) in [5.74, 6) is 1.02. The van der Waals surface area contributed by atoms with Gasteiger partial charge in [-0.1, -0.05) is 26.0 Å². The summed E-state index contributed by atoms with van der Waals surface area (Å²) < 4.78 is 30.9. The maximum Gasteiger partial charge on any atom is 0.211 e. The molecule has 0 saturated carbocycles. The molecule has 18 heavy (non-hydrogen) atoms. The number of aryl methyl sites for hydroxylation is 1. The predicted molar refractivity (Wildman–Crippen MR) is 73.3 cm³/mol. The number of ether oxygens (including phenoxy) is 1. The van der Waals surface area contributed by atoms with Crippen molar-refractivity contribution in [2.75, 3.05) is 12.9 Å². The molecule has 0 heterocycles. The summed E-state index contributed by atoms with van der Waals surface area (Å²) in [6.07, 6.45) is 1.48. The Morgan fingerprint density at radius 1 is 1.28 bits per heavy atom. The average Bonchev–Trinajstić information content (AvgIpc) is 2.36. The van der Waals surface area contributed by atoms with Gasteiger partial charge in [0.25, 0.3) is 0 Å². The van der Waals surface area contributed by atoms with Crippen molar-refractivity contribution < 1.29 is 13.2 Å². The third kappa shape index (κ3) is 4.31. The SMILES string of the molecule is CCCS(=O)(=O)NCc1ccc(OC)c(CC)c1. The van der Waals surface area contributed by atoms with Gasteiger partial charge in [0.05, 0.1) is 12.9 Å². The number of rotatable bonds is 7. The second-order valence-electron chi connectivity index (χ2n) is 4.14. The second kappa shape index (κ2) is 6.75. The van der Waals surface area contributed by atoms with Crippen molar-refractivity contribution in [2.24, 2.45) is 0 Å². The van der Waals surface area contributed by atoms with Crippen molar-refractivity contribution in [3.05, 3.63) is 29.3 Å². The summed E-state index contributed by atoms with van der Waals surface area (Å²) in [5, 5.41) is 0. The minimum Gasteiger partial charge on any atom is -0.496 e. The highest BCUT2D eigenvalue weighted by molar-refractivity contribution is 7.89. The van der Waals surface area contributed by atoms with E-state index in [1.54, 1.807) is 7.11 Å². The van der Waals surface area contributed by atoms with Crippen LogP contribution in [-0.4, -0.2) is 21.3 Å². The molecule has 0 aliphatic heterocycles. The zero-order chi connectivity index (χ0) is 13.6. The fourth-order valence-corrected chi connectivity index (χ4v) is 2.82. The molecule has 0 radical (unpaired) electrons. The maximum absolute atomic E-state index is 11.5. The highest BCUT2D eigenvalue weighted by atomic mass is 32.2. The monoisotopic (exact) mass is 271 g/mol. The first-order chi connectivity index (χ1) is 8.52. The fourth-order valence-electron chi connectivity index (χ4n) is 1.75. The van der Waals surface area contributed by atoms with E-state index in [-0.39, 0.29) is 5.75 Å². The first-order valence-corrected chi connectivity index (χ1v) is 7.80. The minimum atomic E-state index is -3.15. The molecule has 0 amide bonds. The predicted octanol–water partition coefficient (Wildman–Crippen LogP) is 2.09.